The highest BCUT2D eigenvalue weighted by molar-refractivity contribution is 7.89. The Morgan fingerprint density at radius 1 is 1.37 bits per heavy atom. The van der Waals surface area contributed by atoms with Crippen LogP contribution >= 0.6 is 0 Å². The Hall–Kier alpha value is -1.54. The summed E-state index contributed by atoms with van der Waals surface area (Å²) < 4.78 is 52.0. The van der Waals surface area contributed by atoms with Crippen molar-refractivity contribution in [2.24, 2.45) is 11.7 Å². The molecule has 1 atom stereocenters. The summed E-state index contributed by atoms with van der Waals surface area (Å²) in [6.45, 7) is 0. The third-order valence-corrected chi connectivity index (χ3v) is 4.35. The van der Waals surface area contributed by atoms with Gasteiger partial charge in [0.25, 0.3) is 0 Å². The number of hydrogen-bond donors (Lipinski definition) is 3. The van der Waals surface area contributed by atoms with Gasteiger partial charge in [0, 0.05) is 0 Å². The molecular weight excluding hydrogens is 276 g/mol. The smallest absolute Gasteiger partial charge is 0.241 e. The van der Waals surface area contributed by atoms with Gasteiger partial charge < -0.3 is 5.73 Å². The quantitative estimate of drug-likeness (QED) is 0.556. The first-order valence-electron chi connectivity index (χ1n) is 5.62. The normalized spacial score (nSPS) is 17.2. The summed E-state index contributed by atoms with van der Waals surface area (Å²) in [5.41, 5.74) is 5.34. The van der Waals surface area contributed by atoms with Crippen molar-refractivity contribution >= 4 is 15.9 Å². The number of benzene rings is 1. The predicted molar refractivity (Wildman–Crippen MR) is 65.1 cm³/mol. The summed E-state index contributed by atoms with van der Waals surface area (Å²) in [6, 6.07) is 1.51. The van der Waals surface area contributed by atoms with Crippen LogP contribution in [0.3, 0.4) is 0 Å². The van der Waals surface area contributed by atoms with Gasteiger partial charge in [-0.25, -0.2) is 21.9 Å². The molecule has 1 aliphatic rings. The molecule has 4 N–H and O–H groups in total. The monoisotopic (exact) mass is 289 g/mol. The van der Waals surface area contributed by atoms with E-state index in [4.69, 9.17) is 11.1 Å². The van der Waals surface area contributed by atoms with Crippen molar-refractivity contribution in [2.75, 3.05) is 0 Å². The number of rotatable bonds is 5. The average Bonchev–Trinajstić information content (AvgIpc) is 3.13. The van der Waals surface area contributed by atoms with Crippen LogP contribution in [0.25, 0.3) is 0 Å². The molecule has 0 heterocycles. The highest BCUT2D eigenvalue weighted by Gasteiger charge is 2.36. The number of nitrogens with one attached hydrogen (secondary N) is 2. The highest BCUT2D eigenvalue weighted by Crippen LogP contribution is 2.33. The molecule has 104 valence electrons. The average molecular weight is 289 g/mol. The van der Waals surface area contributed by atoms with E-state index in [0.29, 0.717) is 6.07 Å². The molecule has 1 aliphatic carbocycles. The number of halogens is 2. The number of hydrogen-bond acceptors (Lipinski definition) is 3. The summed E-state index contributed by atoms with van der Waals surface area (Å²) in [5.74, 6) is -2.65. The standard InChI is InChI=1S/C11H13F2N3O2S/c12-8-4-3-7(5-9(8)13)19(17,18)16-10(11(14)15)6-1-2-6/h3-6,10,16H,1-2H2,(H3,14,15). The van der Waals surface area contributed by atoms with Gasteiger partial charge in [-0.1, -0.05) is 0 Å². The summed E-state index contributed by atoms with van der Waals surface area (Å²) in [5, 5.41) is 7.36. The van der Waals surface area contributed by atoms with Gasteiger partial charge in [-0.05, 0) is 37.0 Å². The van der Waals surface area contributed by atoms with E-state index in [2.05, 4.69) is 4.72 Å². The maximum Gasteiger partial charge on any atom is 0.241 e. The van der Waals surface area contributed by atoms with E-state index < -0.39 is 32.6 Å². The van der Waals surface area contributed by atoms with Crippen molar-refractivity contribution in [1.82, 2.24) is 4.72 Å². The fraction of sp³-hybridized carbons (Fsp3) is 0.364. The molecule has 0 bridgehead atoms. The Morgan fingerprint density at radius 3 is 2.47 bits per heavy atom. The van der Waals surface area contributed by atoms with Crippen LogP contribution in [-0.2, 0) is 10.0 Å². The minimum atomic E-state index is -4.03. The molecule has 8 heteroatoms. The lowest BCUT2D eigenvalue weighted by Crippen LogP contribution is -2.45. The second-order valence-corrected chi connectivity index (χ2v) is 6.18. The van der Waals surface area contributed by atoms with E-state index in [9.17, 15) is 17.2 Å². The van der Waals surface area contributed by atoms with Crippen molar-refractivity contribution in [1.29, 1.82) is 5.41 Å². The minimum absolute atomic E-state index is 0.00225. The molecule has 1 aromatic carbocycles. The Balaban J connectivity index is 2.26. The summed E-state index contributed by atoms with van der Waals surface area (Å²) >= 11 is 0. The largest absolute Gasteiger partial charge is 0.386 e. The van der Waals surface area contributed by atoms with Crippen LogP contribution in [0.5, 0.6) is 0 Å². The summed E-state index contributed by atoms with van der Waals surface area (Å²) in [4.78, 5) is -0.390. The lowest BCUT2D eigenvalue weighted by molar-refractivity contribution is 0.503. The summed E-state index contributed by atoms with van der Waals surface area (Å²) in [7, 11) is -4.03. The Labute approximate surface area is 109 Å². The fourth-order valence-electron chi connectivity index (χ4n) is 1.72. The van der Waals surface area contributed by atoms with Gasteiger partial charge in [0.15, 0.2) is 11.6 Å². The lowest BCUT2D eigenvalue weighted by Gasteiger charge is -2.16. The summed E-state index contributed by atoms with van der Waals surface area (Å²) in [6.07, 6.45) is 1.56. The van der Waals surface area contributed by atoms with Crippen LogP contribution in [0.4, 0.5) is 8.78 Å². The van der Waals surface area contributed by atoms with Crippen molar-refractivity contribution in [3.63, 3.8) is 0 Å². The first-order valence-corrected chi connectivity index (χ1v) is 7.11. The Kier molecular flexibility index (Phi) is 3.55. The molecule has 0 aromatic heterocycles. The zero-order chi connectivity index (χ0) is 14.2. The van der Waals surface area contributed by atoms with Gasteiger partial charge >= 0.3 is 0 Å². The number of amidine groups is 1. The molecule has 0 radical (unpaired) electrons. The Morgan fingerprint density at radius 2 is 2.00 bits per heavy atom. The molecule has 1 unspecified atom stereocenters. The van der Waals surface area contributed by atoms with E-state index in [-0.39, 0.29) is 11.8 Å². The first kappa shape index (κ1) is 13.9. The molecule has 2 rings (SSSR count). The molecule has 0 amide bonds. The molecule has 0 spiro atoms. The van der Waals surface area contributed by atoms with Crippen molar-refractivity contribution < 1.29 is 17.2 Å². The predicted octanol–water partition coefficient (Wildman–Crippen LogP) is 0.958. The SMILES string of the molecule is N=C(N)C(NS(=O)(=O)c1ccc(F)c(F)c1)C1CC1. The number of nitrogens with two attached hydrogens (primary N) is 1. The van der Waals surface area contributed by atoms with Crippen LogP contribution in [0, 0.1) is 23.0 Å². The van der Waals surface area contributed by atoms with Crippen LogP contribution in [0.15, 0.2) is 23.1 Å². The van der Waals surface area contributed by atoms with Crippen LogP contribution in [0.1, 0.15) is 12.8 Å². The third-order valence-electron chi connectivity index (χ3n) is 2.91. The third kappa shape index (κ3) is 3.07. The molecular formula is C11H13F2N3O2S. The molecule has 1 aromatic rings. The molecule has 19 heavy (non-hydrogen) atoms. The van der Waals surface area contributed by atoms with Gasteiger partial charge in [0.2, 0.25) is 10.0 Å². The lowest BCUT2D eigenvalue weighted by atomic mass is 10.2. The maximum absolute atomic E-state index is 13.0. The van der Waals surface area contributed by atoms with E-state index >= 15 is 0 Å². The van der Waals surface area contributed by atoms with Gasteiger partial charge in [-0.2, -0.15) is 0 Å². The molecule has 0 aliphatic heterocycles. The van der Waals surface area contributed by atoms with Gasteiger partial charge in [-0.3, -0.25) is 5.41 Å². The van der Waals surface area contributed by atoms with E-state index in [0.717, 1.165) is 25.0 Å². The van der Waals surface area contributed by atoms with Crippen molar-refractivity contribution in [3.05, 3.63) is 29.8 Å². The van der Waals surface area contributed by atoms with E-state index in [1.54, 1.807) is 0 Å². The van der Waals surface area contributed by atoms with E-state index in [1.165, 1.54) is 0 Å². The maximum atomic E-state index is 13.0. The first-order chi connectivity index (χ1) is 8.81. The van der Waals surface area contributed by atoms with Crippen LogP contribution in [0.2, 0.25) is 0 Å². The second-order valence-electron chi connectivity index (χ2n) is 4.47. The Bertz CT molecular complexity index is 614. The minimum Gasteiger partial charge on any atom is -0.386 e. The molecule has 1 saturated carbocycles. The second kappa shape index (κ2) is 4.86. The fourth-order valence-corrected chi connectivity index (χ4v) is 3.02. The van der Waals surface area contributed by atoms with Crippen molar-refractivity contribution in [2.45, 2.75) is 23.8 Å². The number of sulfonamides is 1. The van der Waals surface area contributed by atoms with E-state index in [1.807, 2.05) is 0 Å². The van der Waals surface area contributed by atoms with Gasteiger partial charge in [0.05, 0.1) is 10.9 Å². The highest BCUT2D eigenvalue weighted by atomic mass is 32.2. The van der Waals surface area contributed by atoms with Gasteiger partial charge in [0.1, 0.15) is 5.84 Å². The van der Waals surface area contributed by atoms with Gasteiger partial charge in [-0.15, -0.1) is 0 Å². The zero-order valence-electron chi connectivity index (χ0n) is 9.86. The zero-order valence-corrected chi connectivity index (χ0v) is 10.7. The topological polar surface area (TPSA) is 96.0 Å². The molecule has 1 fully saturated rings. The van der Waals surface area contributed by atoms with Crippen LogP contribution < -0.4 is 10.5 Å². The van der Waals surface area contributed by atoms with Crippen molar-refractivity contribution in [3.8, 4) is 0 Å². The van der Waals surface area contributed by atoms with Crippen LogP contribution in [-0.4, -0.2) is 20.3 Å². The molecule has 0 saturated heterocycles. The molecule has 5 nitrogen and oxygen atoms in total.